The van der Waals surface area contributed by atoms with E-state index in [4.69, 9.17) is 0 Å². The number of likely N-dealkylation sites (tertiary alicyclic amines) is 1. The van der Waals surface area contributed by atoms with E-state index in [1.54, 1.807) is 6.33 Å². The lowest BCUT2D eigenvalue weighted by Gasteiger charge is -2.31. The van der Waals surface area contributed by atoms with E-state index in [9.17, 15) is 0 Å². The first-order valence-electron chi connectivity index (χ1n) is 10.9. The molecule has 0 radical (unpaired) electrons. The highest BCUT2D eigenvalue weighted by atomic mass is 15.3. The molecule has 0 aromatic carbocycles. The van der Waals surface area contributed by atoms with Gasteiger partial charge in [-0.1, -0.05) is 26.2 Å². The number of nitrogens with zero attached hydrogens (tertiary/aromatic N) is 5. The van der Waals surface area contributed by atoms with Gasteiger partial charge in [0.25, 0.3) is 0 Å². The molecule has 0 amide bonds. The van der Waals surface area contributed by atoms with Crippen LogP contribution in [0.15, 0.2) is 11.3 Å². The van der Waals surface area contributed by atoms with E-state index in [-0.39, 0.29) is 0 Å². The van der Waals surface area contributed by atoms with Crippen LogP contribution in [0, 0.1) is 5.92 Å². The van der Waals surface area contributed by atoms with Crippen LogP contribution in [0.2, 0.25) is 0 Å². The van der Waals surface area contributed by atoms with Gasteiger partial charge in [0, 0.05) is 45.7 Å². The quantitative estimate of drug-likeness (QED) is 0.538. The van der Waals surface area contributed by atoms with Crippen molar-refractivity contribution >= 4 is 5.96 Å². The second-order valence-corrected chi connectivity index (χ2v) is 7.97. The Bertz CT molecular complexity index is 577. The maximum Gasteiger partial charge on any atom is 0.191 e. The molecule has 152 valence electrons. The van der Waals surface area contributed by atoms with Crippen molar-refractivity contribution in [2.75, 3.05) is 33.2 Å². The molecule has 2 heterocycles. The number of nitrogens with one attached hydrogen (secondary N) is 2. The summed E-state index contributed by atoms with van der Waals surface area (Å²) in [5, 5.41) is 15.1. The normalized spacial score (nSPS) is 22.3. The molecule has 7 heteroatoms. The van der Waals surface area contributed by atoms with Gasteiger partial charge in [0.2, 0.25) is 0 Å². The van der Waals surface area contributed by atoms with Crippen molar-refractivity contribution in [3.05, 3.63) is 12.2 Å². The van der Waals surface area contributed by atoms with Crippen molar-refractivity contribution in [3.63, 3.8) is 0 Å². The third kappa shape index (κ3) is 5.92. The first kappa shape index (κ1) is 20.1. The predicted molar refractivity (Wildman–Crippen MR) is 110 cm³/mol. The average molecular weight is 376 g/mol. The van der Waals surface area contributed by atoms with Gasteiger partial charge in [-0.25, -0.2) is 0 Å². The number of guanidine groups is 1. The number of hydrogen-bond acceptors (Lipinski definition) is 4. The molecule has 0 bridgehead atoms. The Hall–Kier alpha value is -1.63. The standard InChI is InChI=1S/C20H37N7/c1-3-19-25-24-16-27(19)13-11-22-20(21-2)23-14-18-10-7-12-26(18)15-17-8-5-4-6-9-17/h16-18H,3-15H2,1-2H3,(H2,21,22,23). The first-order chi connectivity index (χ1) is 13.3. The van der Waals surface area contributed by atoms with Crippen LogP contribution in [0.25, 0.3) is 0 Å². The lowest BCUT2D eigenvalue weighted by Crippen LogP contribution is -2.46. The van der Waals surface area contributed by atoms with E-state index in [0.29, 0.717) is 6.04 Å². The van der Waals surface area contributed by atoms with Gasteiger partial charge in [0.05, 0.1) is 0 Å². The van der Waals surface area contributed by atoms with Crippen LogP contribution in [-0.4, -0.2) is 64.9 Å². The van der Waals surface area contributed by atoms with Gasteiger partial charge in [0.1, 0.15) is 12.2 Å². The molecule has 0 spiro atoms. The highest BCUT2D eigenvalue weighted by Crippen LogP contribution is 2.27. The van der Waals surface area contributed by atoms with Crippen LogP contribution < -0.4 is 10.6 Å². The summed E-state index contributed by atoms with van der Waals surface area (Å²) in [6.45, 7) is 7.33. The molecule has 2 N–H and O–H groups in total. The molecule has 1 saturated heterocycles. The van der Waals surface area contributed by atoms with Crippen molar-refractivity contribution in [2.24, 2.45) is 10.9 Å². The Labute approximate surface area is 164 Å². The summed E-state index contributed by atoms with van der Waals surface area (Å²) < 4.78 is 2.10. The minimum absolute atomic E-state index is 0.648. The zero-order chi connectivity index (χ0) is 18.9. The third-order valence-corrected chi connectivity index (χ3v) is 6.10. The summed E-state index contributed by atoms with van der Waals surface area (Å²) in [7, 11) is 1.85. The van der Waals surface area contributed by atoms with Crippen LogP contribution in [0.5, 0.6) is 0 Å². The van der Waals surface area contributed by atoms with Gasteiger partial charge < -0.3 is 15.2 Å². The number of aliphatic imine (C=N–C) groups is 1. The summed E-state index contributed by atoms with van der Waals surface area (Å²) in [5.41, 5.74) is 0. The van der Waals surface area contributed by atoms with Gasteiger partial charge >= 0.3 is 0 Å². The zero-order valence-electron chi connectivity index (χ0n) is 17.2. The molecule has 1 aliphatic carbocycles. The van der Waals surface area contributed by atoms with Crippen LogP contribution in [0.3, 0.4) is 0 Å². The van der Waals surface area contributed by atoms with E-state index in [2.05, 4.69) is 42.2 Å². The van der Waals surface area contributed by atoms with E-state index in [1.807, 2.05) is 7.05 Å². The van der Waals surface area contributed by atoms with Gasteiger partial charge in [-0.05, 0) is 38.1 Å². The molecule has 3 rings (SSSR count). The van der Waals surface area contributed by atoms with Gasteiger partial charge in [-0.2, -0.15) is 0 Å². The predicted octanol–water partition coefficient (Wildman–Crippen LogP) is 2.05. The molecule has 2 fully saturated rings. The highest BCUT2D eigenvalue weighted by Gasteiger charge is 2.27. The molecular weight excluding hydrogens is 338 g/mol. The van der Waals surface area contributed by atoms with Crippen molar-refractivity contribution in [3.8, 4) is 0 Å². The number of aryl methyl sites for hydroxylation is 1. The molecular formula is C20H37N7. The molecule has 1 aromatic heterocycles. The Morgan fingerprint density at radius 1 is 1.19 bits per heavy atom. The fraction of sp³-hybridized carbons (Fsp3) is 0.850. The van der Waals surface area contributed by atoms with E-state index in [0.717, 1.165) is 43.8 Å². The fourth-order valence-corrected chi connectivity index (χ4v) is 4.54. The van der Waals surface area contributed by atoms with Crippen LogP contribution in [0.4, 0.5) is 0 Å². The monoisotopic (exact) mass is 375 g/mol. The lowest BCUT2D eigenvalue weighted by atomic mass is 9.89. The molecule has 27 heavy (non-hydrogen) atoms. The summed E-state index contributed by atoms with van der Waals surface area (Å²) >= 11 is 0. The SMILES string of the molecule is CCc1nncn1CCNC(=NC)NCC1CCCN1CC1CCCCC1. The average Bonchev–Trinajstić information content (AvgIpc) is 3.34. The Morgan fingerprint density at radius 2 is 2.04 bits per heavy atom. The second kappa shape index (κ2) is 10.6. The van der Waals surface area contributed by atoms with Gasteiger partial charge in [-0.3, -0.25) is 9.89 Å². The summed E-state index contributed by atoms with van der Waals surface area (Å²) in [4.78, 5) is 7.11. The molecule has 7 nitrogen and oxygen atoms in total. The van der Waals surface area contributed by atoms with Crippen molar-refractivity contribution in [1.82, 2.24) is 30.3 Å². The largest absolute Gasteiger partial charge is 0.355 e. The molecule has 1 aliphatic heterocycles. The highest BCUT2D eigenvalue weighted by molar-refractivity contribution is 5.79. The number of aromatic nitrogens is 3. The van der Waals surface area contributed by atoms with E-state index in [1.165, 1.54) is 58.0 Å². The smallest absolute Gasteiger partial charge is 0.191 e. The van der Waals surface area contributed by atoms with Crippen LogP contribution >= 0.6 is 0 Å². The molecule has 1 saturated carbocycles. The minimum atomic E-state index is 0.648. The minimum Gasteiger partial charge on any atom is -0.355 e. The van der Waals surface area contributed by atoms with Gasteiger partial charge in [-0.15, -0.1) is 10.2 Å². The van der Waals surface area contributed by atoms with Crippen LogP contribution in [-0.2, 0) is 13.0 Å². The fourth-order valence-electron chi connectivity index (χ4n) is 4.54. The summed E-state index contributed by atoms with van der Waals surface area (Å²) in [6, 6.07) is 0.648. The number of hydrogen-bond donors (Lipinski definition) is 2. The Balaban J connectivity index is 1.39. The van der Waals surface area contributed by atoms with Crippen molar-refractivity contribution in [1.29, 1.82) is 0 Å². The summed E-state index contributed by atoms with van der Waals surface area (Å²) in [5.74, 6) is 2.85. The zero-order valence-corrected chi connectivity index (χ0v) is 17.2. The maximum atomic E-state index is 4.39. The van der Waals surface area contributed by atoms with Gasteiger partial charge in [0.15, 0.2) is 5.96 Å². The second-order valence-electron chi connectivity index (χ2n) is 7.97. The van der Waals surface area contributed by atoms with E-state index >= 15 is 0 Å². The van der Waals surface area contributed by atoms with Crippen molar-refractivity contribution in [2.45, 2.75) is 70.9 Å². The Morgan fingerprint density at radius 3 is 2.81 bits per heavy atom. The topological polar surface area (TPSA) is 70.4 Å². The third-order valence-electron chi connectivity index (χ3n) is 6.10. The molecule has 1 unspecified atom stereocenters. The van der Waals surface area contributed by atoms with E-state index < -0.39 is 0 Å². The maximum absolute atomic E-state index is 4.39. The molecule has 2 aliphatic rings. The first-order valence-corrected chi connectivity index (χ1v) is 10.9. The van der Waals surface area contributed by atoms with Crippen LogP contribution in [0.1, 0.15) is 57.7 Å². The Kier molecular flexibility index (Phi) is 7.93. The molecule has 1 atom stereocenters. The lowest BCUT2D eigenvalue weighted by molar-refractivity contribution is 0.188. The van der Waals surface area contributed by atoms with Crippen molar-refractivity contribution < 1.29 is 0 Å². The number of rotatable bonds is 8. The summed E-state index contributed by atoms with van der Waals surface area (Å²) in [6.07, 6.45) is 12.5. The molecule has 1 aromatic rings.